The van der Waals surface area contributed by atoms with Crippen LogP contribution in [0, 0.1) is 17.7 Å². The van der Waals surface area contributed by atoms with E-state index in [0.717, 1.165) is 31.7 Å². The molecule has 3 fully saturated rings. The summed E-state index contributed by atoms with van der Waals surface area (Å²) in [6.45, 7) is 17.5. The van der Waals surface area contributed by atoms with E-state index < -0.39 is 23.9 Å². The summed E-state index contributed by atoms with van der Waals surface area (Å²) < 4.78 is 32.5. The molecule has 0 radical (unpaired) electrons. The second-order valence-corrected chi connectivity index (χ2v) is 11.5. The molecule has 0 bridgehead atoms. The summed E-state index contributed by atoms with van der Waals surface area (Å²) in [5.41, 5.74) is -0.0885. The van der Waals surface area contributed by atoms with Crippen LogP contribution in [0.3, 0.4) is 0 Å². The highest BCUT2D eigenvalue weighted by Crippen LogP contribution is 2.37. The standard InChI is InChI=1S/C24H36BFN2O4/c1-22(2,3)30-21(29)28-14-17-12-27(13-18(17)15-28)11-16-8-9-19(20(26)10-16)25-31-23(4,5)24(6,7)32-25/h8-10,17-18H,11-15H2,1-7H3. The van der Waals surface area contributed by atoms with Gasteiger partial charge >= 0.3 is 13.2 Å². The van der Waals surface area contributed by atoms with Crippen LogP contribution in [-0.4, -0.2) is 66.0 Å². The van der Waals surface area contributed by atoms with Crippen molar-refractivity contribution in [2.24, 2.45) is 11.8 Å². The summed E-state index contributed by atoms with van der Waals surface area (Å²) in [5, 5.41) is 0. The van der Waals surface area contributed by atoms with Crippen LogP contribution >= 0.6 is 0 Å². The average Bonchev–Trinajstić information content (AvgIpc) is 3.23. The number of rotatable bonds is 3. The average molecular weight is 446 g/mol. The number of hydrogen-bond donors (Lipinski definition) is 0. The fourth-order valence-electron chi connectivity index (χ4n) is 4.78. The van der Waals surface area contributed by atoms with E-state index in [4.69, 9.17) is 14.0 Å². The molecular weight excluding hydrogens is 410 g/mol. The summed E-state index contributed by atoms with van der Waals surface area (Å²) in [6, 6.07) is 5.35. The van der Waals surface area contributed by atoms with Crippen LogP contribution in [0.1, 0.15) is 54.0 Å². The van der Waals surface area contributed by atoms with Crippen molar-refractivity contribution in [2.75, 3.05) is 26.2 Å². The van der Waals surface area contributed by atoms with Crippen LogP contribution in [0.25, 0.3) is 0 Å². The smallest absolute Gasteiger partial charge is 0.444 e. The Balaban J connectivity index is 1.33. The minimum atomic E-state index is -0.695. The minimum Gasteiger partial charge on any atom is -0.444 e. The lowest BCUT2D eigenvalue weighted by Crippen LogP contribution is -2.41. The normalized spacial score (nSPS) is 27.1. The number of halogens is 1. The number of amides is 1. The zero-order valence-electron chi connectivity index (χ0n) is 20.4. The maximum atomic E-state index is 14.9. The van der Waals surface area contributed by atoms with Crippen LogP contribution in [0.2, 0.25) is 0 Å². The van der Waals surface area contributed by atoms with Gasteiger partial charge in [0.25, 0.3) is 0 Å². The lowest BCUT2D eigenvalue weighted by atomic mass is 9.78. The molecule has 176 valence electrons. The summed E-state index contributed by atoms with van der Waals surface area (Å²) in [6.07, 6.45) is -0.223. The second-order valence-electron chi connectivity index (χ2n) is 11.5. The fraction of sp³-hybridized carbons (Fsp3) is 0.708. The molecule has 1 aromatic carbocycles. The highest BCUT2D eigenvalue weighted by molar-refractivity contribution is 6.62. The first-order valence-electron chi connectivity index (χ1n) is 11.6. The summed E-state index contributed by atoms with van der Waals surface area (Å²) in [5.74, 6) is 0.587. The Labute approximate surface area is 191 Å². The molecule has 0 spiro atoms. The molecule has 4 rings (SSSR count). The van der Waals surface area contributed by atoms with Gasteiger partial charge in [-0.15, -0.1) is 0 Å². The quantitative estimate of drug-likeness (QED) is 0.667. The Morgan fingerprint density at radius 1 is 1.09 bits per heavy atom. The van der Waals surface area contributed by atoms with Crippen LogP contribution in [0.4, 0.5) is 9.18 Å². The number of carbonyl (C=O) groups excluding carboxylic acids is 1. The molecular formula is C24H36BFN2O4. The van der Waals surface area contributed by atoms with Crippen LogP contribution in [0.15, 0.2) is 18.2 Å². The van der Waals surface area contributed by atoms with Gasteiger partial charge in [-0.05, 0) is 71.9 Å². The molecule has 0 N–H and O–H groups in total. The van der Waals surface area contributed by atoms with Crippen molar-refractivity contribution in [1.29, 1.82) is 0 Å². The number of benzene rings is 1. The molecule has 1 amide bonds. The highest BCUT2D eigenvalue weighted by Gasteiger charge is 2.52. The number of fused-ring (bicyclic) bond motifs is 1. The molecule has 3 aliphatic heterocycles. The minimum absolute atomic E-state index is 0.223. The van der Waals surface area contributed by atoms with Crippen molar-refractivity contribution in [3.63, 3.8) is 0 Å². The first kappa shape index (κ1) is 23.5. The number of ether oxygens (including phenoxy) is 1. The van der Waals surface area contributed by atoms with Crippen molar-refractivity contribution >= 4 is 18.7 Å². The van der Waals surface area contributed by atoms with Crippen molar-refractivity contribution in [3.8, 4) is 0 Å². The van der Waals surface area contributed by atoms with Gasteiger partial charge in [0.2, 0.25) is 0 Å². The molecule has 32 heavy (non-hydrogen) atoms. The Hall–Kier alpha value is -1.64. The SMILES string of the molecule is CC(C)(C)OC(=O)N1CC2CN(Cc3ccc(B4OC(C)(C)C(C)(C)O4)c(F)c3)CC2C1. The van der Waals surface area contributed by atoms with Crippen molar-refractivity contribution in [1.82, 2.24) is 9.80 Å². The molecule has 0 aliphatic carbocycles. The lowest BCUT2D eigenvalue weighted by Gasteiger charge is -2.32. The van der Waals surface area contributed by atoms with E-state index in [1.807, 2.05) is 59.4 Å². The number of carbonyl (C=O) groups is 1. The first-order valence-corrected chi connectivity index (χ1v) is 11.6. The molecule has 0 saturated carbocycles. The molecule has 3 aliphatic rings. The molecule has 3 heterocycles. The van der Waals surface area contributed by atoms with Crippen LogP contribution in [0.5, 0.6) is 0 Å². The van der Waals surface area contributed by atoms with E-state index in [2.05, 4.69) is 4.90 Å². The summed E-state index contributed by atoms with van der Waals surface area (Å²) in [7, 11) is -0.695. The van der Waals surface area contributed by atoms with Gasteiger partial charge in [-0.25, -0.2) is 9.18 Å². The molecule has 6 nitrogen and oxygen atoms in total. The van der Waals surface area contributed by atoms with Gasteiger partial charge in [-0.2, -0.15) is 0 Å². The zero-order valence-corrected chi connectivity index (χ0v) is 20.4. The van der Waals surface area contributed by atoms with Gasteiger partial charge in [0.15, 0.2) is 0 Å². The number of likely N-dealkylation sites (tertiary alicyclic amines) is 2. The third-order valence-electron chi connectivity index (χ3n) is 7.19. The summed E-state index contributed by atoms with van der Waals surface area (Å²) in [4.78, 5) is 16.5. The Bertz CT molecular complexity index is 855. The highest BCUT2D eigenvalue weighted by atomic mass is 19.1. The van der Waals surface area contributed by atoms with E-state index in [9.17, 15) is 9.18 Å². The predicted octanol–water partition coefficient (Wildman–Crippen LogP) is 3.42. The van der Waals surface area contributed by atoms with Crippen molar-refractivity contribution in [3.05, 3.63) is 29.6 Å². The fourth-order valence-corrected chi connectivity index (χ4v) is 4.78. The Morgan fingerprint density at radius 3 is 2.16 bits per heavy atom. The van der Waals surface area contributed by atoms with E-state index in [0.29, 0.717) is 23.8 Å². The van der Waals surface area contributed by atoms with Gasteiger partial charge in [0.1, 0.15) is 11.4 Å². The predicted molar refractivity (Wildman–Crippen MR) is 122 cm³/mol. The van der Waals surface area contributed by atoms with Crippen molar-refractivity contribution < 1.29 is 23.2 Å². The van der Waals surface area contributed by atoms with E-state index in [-0.39, 0.29) is 11.9 Å². The number of hydrogen-bond acceptors (Lipinski definition) is 5. The Kier molecular flexibility index (Phi) is 5.88. The van der Waals surface area contributed by atoms with E-state index >= 15 is 0 Å². The maximum absolute atomic E-state index is 14.9. The third kappa shape index (κ3) is 4.68. The lowest BCUT2D eigenvalue weighted by molar-refractivity contribution is 0.00578. The maximum Gasteiger partial charge on any atom is 0.497 e. The van der Waals surface area contributed by atoms with E-state index in [1.54, 1.807) is 12.1 Å². The van der Waals surface area contributed by atoms with Crippen molar-refractivity contribution in [2.45, 2.75) is 71.8 Å². The molecule has 1 aromatic rings. The molecule has 2 unspecified atom stereocenters. The molecule has 2 atom stereocenters. The number of nitrogens with zero attached hydrogens (tertiary/aromatic N) is 2. The topological polar surface area (TPSA) is 51.2 Å². The zero-order chi connectivity index (χ0) is 23.5. The van der Waals surface area contributed by atoms with Gasteiger partial charge in [0, 0.05) is 38.2 Å². The van der Waals surface area contributed by atoms with E-state index in [1.165, 1.54) is 0 Å². The first-order chi connectivity index (χ1) is 14.7. The van der Waals surface area contributed by atoms with Crippen LogP contribution < -0.4 is 5.46 Å². The van der Waals surface area contributed by atoms with Gasteiger partial charge in [-0.3, -0.25) is 4.90 Å². The Morgan fingerprint density at radius 2 is 1.66 bits per heavy atom. The monoisotopic (exact) mass is 446 g/mol. The molecule has 3 saturated heterocycles. The molecule has 0 aromatic heterocycles. The van der Waals surface area contributed by atoms with Gasteiger partial charge in [0.05, 0.1) is 11.2 Å². The third-order valence-corrected chi connectivity index (χ3v) is 7.19. The van der Waals surface area contributed by atoms with Crippen LogP contribution in [-0.2, 0) is 20.6 Å². The largest absolute Gasteiger partial charge is 0.497 e. The van der Waals surface area contributed by atoms with Gasteiger partial charge < -0.3 is 18.9 Å². The summed E-state index contributed by atoms with van der Waals surface area (Å²) >= 11 is 0. The second kappa shape index (κ2) is 7.99. The molecule has 8 heteroatoms. The van der Waals surface area contributed by atoms with Gasteiger partial charge in [-0.1, -0.05) is 12.1 Å².